The number of fused-ring (bicyclic) bond motifs is 1. The summed E-state index contributed by atoms with van der Waals surface area (Å²) in [5, 5.41) is 3.96. The normalized spacial score (nSPS) is 19.2. The van der Waals surface area contributed by atoms with Gasteiger partial charge >= 0.3 is 0 Å². The summed E-state index contributed by atoms with van der Waals surface area (Å²) < 4.78 is 7.36. The number of likely N-dealkylation sites (tertiary alicyclic amines) is 1. The van der Waals surface area contributed by atoms with Gasteiger partial charge in [0.15, 0.2) is 5.82 Å². The number of nitrogens with zero attached hydrogens (tertiary/aromatic N) is 5. The molecule has 3 aromatic heterocycles. The van der Waals surface area contributed by atoms with Crippen LogP contribution in [0.3, 0.4) is 0 Å². The van der Waals surface area contributed by atoms with Crippen LogP contribution in [0.5, 0.6) is 0 Å². The lowest BCUT2D eigenvalue weighted by Crippen LogP contribution is -2.30. The molecular formula is C22H21N5O2. The van der Waals surface area contributed by atoms with Gasteiger partial charge in [-0.1, -0.05) is 41.6 Å². The Bertz CT molecular complexity index is 1180. The SMILES string of the molecule is Cc1noc([C@@H]2CN(C(=O)c3c(C)nc4ccccn34)C[C@@H]2c2ccccc2)n1. The van der Waals surface area contributed by atoms with E-state index in [1.807, 2.05) is 65.7 Å². The lowest BCUT2D eigenvalue weighted by molar-refractivity contribution is 0.0780. The highest BCUT2D eigenvalue weighted by Gasteiger charge is 2.41. The molecule has 29 heavy (non-hydrogen) atoms. The van der Waals surface area contributed by atoms with Gasteiger partial charge in [0.2, 0.25) is 5.89 Å². The Morgan fingerprint density at radius 1 is 1.00 bits per heavy atom. The molecule has 0 saturated carbocycles. The minimum atomic E-state index is -0.0398. The molecule has 146 valence electrons. The number of hydrogen-bond donors (Lipinski definition) is 0. The number of rotatable bonds is 3. The van der Waals surface area contributed by atoms with Gasteiger partial charge in [-0.15, -0.1) is 0 Å². The fourth-order valence-corrected chi connectivity index (χ4v) is 4.24. The molecule has 4 heterocycles. The van der Waals surface area contributed by atoms with E-state index in [2.05, 4.69) is 27.3 Å². The summed E-state index contributed by atoms with van der Waals surface area (Å²) >= 11 is 0. The topological polar surface area (TPSA) is 76.5 Å². The fourth-order valence-electron chi connectivity index (χ4n) is 4.24. The Morgan fingerprint density at radius 2 is 1.76 bits per heavy atom. The van der Waals surface area contributed by atoms with Gasteiger partial charge in [0, 0.05) is 25.2 Å². The molecule has 5 rings (SSSR count). The molecule has 1 saturated heterocycles. The molecule has 1 aromatic carbocycles. The van der Waals surface area contributed by atoms with Crippen LogP contribution in [0.1, 0.15) is 45.3 Å². The van der Waals surface area contributed by atoms with Gasteiger partial charge in [-0.25, -0.2) is 4.98 Å². The molecule has 0 spiro atoms. The van der Waals surface area contributed by atoms with Gasteiger partial charge in [-0.05, 0) is 31.5 Å². The van der Waals surface area contributed by atoms with Crippen molar-refractivity contribution in [3.63, 3.8) is 0 Å². The molecule has 1 amide bonds. The molecule has 0 radical (unpaired) electrons. The molecule has 0 bridgehead atoms. The average molecular weight is 387 g/mol. The predicted molar refractivity (Wildman–Crippen MR) is 107 cm³/mol. The summed E-state index contributed by atoms with van der Waals surface area (Å²) in [4.78, 5) is 24.4. The van der Waals surface area contributed by atoms with E-state index >= 15 is 0 Å². The van der Waals surface area contributed by atoms with Crippen molar-refractivity contribution in [2.24, 2.45) is 0 Å². The molecule has 0 unspecified atom stereocenters. The standard InChI is InChI=1S/C22H21N5O2/c1-14-20(27-11-7-6-10-19(27)23-14)22(28)26-12-17(16-8-4-3-5-9-16)18(13-26)21-24-15(2)25-29-21/h3-11,17-18H,12-13H2,1-2H3/t17-,18-/m1/s1. The number of hydrogen-bond acceptors (Lipinski definition) is 5. The van der Waals surface area contributed by atoms with Crippen molar-refractivity contribution < 1.29 is 9.32 Å². The van der Waals surface area contributed by atoms with Gasteiger partial charge in [0.25, 0.3) is 5.91 Å². The van der Waals surface area contributed by atoms with E-state index in [9.17, 15) is 4.79 Å². The molecule has 7 nitrogen and oxygen atoms in total. The van der Waals surface area contributed by atoms with Crippen molar-refractivity contribution in [1.29, 1.82) is 0 Å². The summed E-state index contributed by atoms with van der Waals surface area (Å²) in [6.45, 7) is 4.81. The van der Waals surface area contributed by atoms with Crippen LogP contribution >= 0.6 is 0 Å². The van der Waals surface area contributed by atoms with Crippen LogP contribution in [0.25, 0.3) is 5.65 Å². The first-order valence-electron chi connectivity index (χ1n) is 9.70. The second-order valence-electron chi connectivity index (χ2n) is 7.49. The molecule has 1 aliphatic heterocycles. The number of carbonyl (C=O) groups excluding carboxylic acids is 1. The van der Waals surface area contributed by atoms with E-state index in [0.29, 0.717) is 30.5 Å². The summed E-state index contributed by atoms with van der Waals surface area (Å²) in [7, 11) is 0. The maximum Gasteiger partial charge on any atom is 0.272 e. The van der Waals surface area contributed by atoms with E-state index in [4.69, 9.17) is 4.52 Å². The average Bonchev–Trinajstić information content (AvgIpc) is 3.44. The molecule has 0 aliphatic carbocycles. The highest BCUT2D eigenvalue weighted by atomic mass is 16.5. The molecule has 0 N–H and O–H groups in total. The lowest BCUT2D eigenvalue weighted by atomic mass is 9.89. The van der Waals surface area contributed by atoms with Crippen molar-refractivity contribution >= 4 is 11.6 Å². The summed E-state index contributed by atoms with van der Waals surface area (Å²) in [6, 6.07) is 16.0. The highest BCUT2D eigenvalue weighted by molar-refractivity contribution is 5.95. The number of amides is 1. The Kier molecular flexibility index (Phi) is 4.16. The smallest absolute Gasteiger partial charge is 0.272 e. The summed E-state index contributed by atoms with van der Waals surface area (Å²) in [6.07, 6.45) is 1.88. The van der Waals surface area contributed by atoms with E-state index in [1.54, 1.807) is 0 Å². The minimum Gasteiger partial charge on any atom is -0.339 e. The zero-order valence-electron chi connectivity index (χ0n) is 16.3. The van der Waals surface area contributed by atoms with Gasteiger partial charge < -0.3 is 9.42 Å². The number of benzene rings is 1. The minimum absolute atomic E-state index is 0.0270. The first-order valence-corrected chi connectivity index (χ1v) is 9.70. The van der Waals surface area contributed by atoms with Crippen molar-refractivity contribution in [2.45, 2.75) is 25.7 Å². The predicted octanol–water partition coefficient (Wildman–Crippen LogP) is 3.36. The first-order chi connectivity index (χ1) is 14.1. The summed E-state index contributed by atoms with van der Waals surface area (Å²) in [5.74, 6) is 1.22. The van der Waals surface area contributed by atoms with Crippen LogP contribution in [0.4, 0.5) is 0 Å². The van der Waals surface area contributed by atoms with Gasteiger partial charge in [-0.2, -0.15) is 4.98 Å². The zero-order valence-corrected chi connectivity index (χ0v) is 16.3. The maximum atomic E-state index is 13.5. The van der Waals surface area contributed by atoms with Gasteiger partial charge in [0.05, 0.1) is 11.6 Å². The van der Waals surface area contributed by atoms with E-state index in [-0.39, 0.29) is 17.7 Å². The Morgan fingerprint density at radius 3 is 2.52 bits per heavy atom. The molecule has 7 heteroatoms. The van der Waals surface area contributed by atoms with Crippen LogP contribution in [0.2, 0.25) is 0 Å². The zero-order chi connectivity index (χ0) is 20.0. The monoisotopic (exact) mass is 387 g/mol. The summed E-state index contributed by atoms with van der Waals surface area (Å²) in [5.41, 5.74) is 3.28. The number of imidazole rings is 1. The van der Waals surface area contributed by atoms with Crippen LogP contribution in [-0.2, 0) is 0 Å². The number of aromatic nitrogens is 4. The number of aryl methyl sites for hydroxylation is 2. The Balaban J connectivity index is 1.52. The van der Waals surface area contributed by atoms with Crippen molar-refractivity contribution in [3.8, 4) is 0 Å². The third kappa shape index (κ3) is 2.99. The van der Waals surface area contributed by atoms with Crippen molar-refractivity contribution in [1.82, 2.24) is 24.4 Å². The number of carbonyl (C=O) groups is 1. The van der Waals surface area contributed by atoms with Crippen molar-refractivity contribution in [2.75, 3.05) is 13.1 Å². The van der Waals surface area contributed by atoms with Crippen LogP contribution in [-0.4, -0.2) is 43.4 Å². The quantitative estimate of drug-likeness (QED) is 0.539. The van der Waals surface area contributed by atoms with E-state index < -0.39 is 0 Å². The third-order valence-electron chi connectivity index (χ3n) is 5.60. The Labute approximate surface area is 168 Å². The molecule has 1 aliphatic rings. The number of pyridine rings is 1. The molecule has 4 aromatic rings. The Hall–Kier alpha value is -3.48. The first kappa shape index (κ1) is 17.6. The molecule has 2 atom stereocenters. The second-order valence-corrected chi connectivity index (χ2v) is 7.49. The van der Waals surface area contributed by atoms with Crippen LogP contribution in [0, 0.1) is 13.8 Å². The highest BCUT2D eigenvalue weighted by Crippen LogP contribution is 2.39. The van der Waals surface area contributed by atoms with Crippen LogP contribution < -0.4 is 0 Å². The third-order valence-corrected chi connectivity index (χ3v) is 5.60. The van der Waals surface area contributed by atoms with E-state index in [0.717, 1.165) is 11.3 Å². The molecule has 1 fully saturated rings. The largest absolute Gasteiger partial charge is 0.339 e. The maximum absolute atomic E-state index is 13.5. The van der Waals surface area contributed by atoms with Crippen molar-refractivity contribution in [3.05, 3.63) is 83.4 Å². The second kappa shape index (κ2) is 6.84. The fraction of sp³-hybridized carbons (Fsp3) is 0.273. The van der Waals surface area contributed by atoms with Crippen LogP contribution in [0.15, 0.2) is 59.3 Å². The van der Waals surface area contributed by atoms with Gasteiger partial charge in [-0.3, -0.25) is 9.20 Å². The lowest BCUT2D eigenvalue weighted by Gasteiger charge is -2.17. The van der Waals surface area contributed by atoms with E-state index in [1.165, 1.54) is 5.56 Å². The molecular weight excluding hydrogens is 366 g/mol. The van der Waals surface area contributed by atoms with Gasteiger partial charge in [0.1, 0.15) is 11.3 Å².